The second-order valence-corrected chi connectivity index (χ2v) is 6.39. The van der Waals surface area contributed by atoms with Gasteiger partial charge in [0.15, 0.2) is 0 Å². The van der Waals surface area contributed by atoms with Gasteiger partial charge >= 0.3 is 0 Å². The van der Waals surface area contributed by atoms with Gasteiger partial charge in [-0.05, 0) is 58.2 Å². The third-order valence-electron chi connectivity index (χ3n) is 3.00. The lowest BCUT2D eigenvalue weighted by Gasteiger charge is -2.23. The van der Waals surface area contributed by atoms with Gasteiger partial charge in [0.2, 0.25) is 5.91 Å². The molecule has 1 rings (SSSR count). The number of benzene rings is 1. The minimum absolute atomic E-state index is 0.0342. The van der Waals surface area contributed by atoms with E-state index in [1.807, 2.05) is 39.8 Å². The van der Waals surface area contributed by atoms with Gasteiger partial charge in [-0.25, -0.2) is 4.39 Å². The lowest BCUT2D eigenvalue weighted by molar-refractivity contribution is -0.124. The van der Waals surface area contributed by atoms with Gasteiger partial charge in [-0.15, -0.1) is 0 Å². The van der Waals surface area contributed by atoms with Gasteiger partial charge in [-0.1, -0.05) is 12.1 Å². The number of aryl methyl sites for hydroxylation is 2. The van der Waals surface area contributed by atoms with E-state index in [0.717, 1.165) is 5.56 Å². The summed E-state index contributed by atoms with van der Waals surface area (Å²) in [6.45, 7) is 11.7. The van der Waals surface area contributed by atoms with Crippen LogP contribution in [0.1, 0.15) is 44.4 Å². The summed E-state index contributed by atoms with van der Waals surface area (Å²) >= 11 is 0. The maximum atomic E-state index is 13.5. The summed E-state index contributed by atoms with van der Waals surface area (Å²) in [5, 5.41) is 6.09. The highest BCUT2D eigenvalue weighted by Gasteiger charge is 2.18. The van der Waals surface area contributed by atoms with Crippen molar-refractivity contribution in [3.8, 4) is 0 Å². The van der Waals surface area contributed by atoms with Crippen LogP contribution in [0.25, 0.3) is 0 Å². The van der Waals surface area contributed by atoms with Crippen LogP contribution in [0.4, 0.5) is 4.39 Å². The third-order valence-corrected chi connectivity index (χ3v) is 3.00. The van der Waals surface area contributed by atoms with Crippen LogP contribution in [0, 0.1) is 19.7 Å². The number of amides is 1. The highest BCUT2D eigenvalue weighted by molar-refractivity contribution is 5.81. The van der Waals surface area contributed by atoms with Gasteiger partial charge in [0, 0.05) is 12.1 Å². The molecule has 0 aliphatic carbocycles. The van der Waals surface area contributed by atoms with Crippen LogP contribution in [-0.2, 0) is 11.3 Å². The number of carbonyl (C=O) groups excluding carboxylic acids is 1. The van der Waals surface area contributed by atoms with Crippen molar-refractivity contribution in [2.24, 2.45) is 0 Å². The molecule has 0 saturated carbocycles. The molecule has 0 heterocycles. The molecule has 1 aromatic rings. The summed E-state index contributed by atoms with van der Waals surface area (Å²) in [5.41, 5.74) is 2.01. The molecule has 1 aromatic carbocycles. The Balaban J connectivity index is 2.61. The minimum atomic E-state index is -0.292. The predicted octanol–water partition coefficient (Wildman–Crippen LogP) is 2.84. The number of hydrogen-bond donors (Lipinski definition) is 2. The second kappa shape index (κ2) is 6.35. The maximum Gasteiger partial charge on any atom is 0.237 e. The molecule has 20 heavy (non-hydrogen) atoms. The second-order valence-electron chi connectivity index (χ2n) is 6.39. The van der Waals surface area contributed by atoms with E-state index >= 15 is 0 Å². The minimum Gasteiger partial charge on any atom is -0.350 e. The molecule has 0 spiro atoms. The van der Waals surface area contributed by atoms with Crippen molar-refractivity contribution >= 4 is 5.91 Å². The van der Waals surface area contributed by atoms with Crippen LogP contribution in [0.5, 0.6) is 0 Å². The monoisotopic (exact) mass is 280 g/mol. The molecule has 0 bridgehead atoms. The molecule has 0 aromatic heterocycles. The average molecular weight is 280 g/mol. The van der Waals surface area contributed by atoms with Crippen molar-refractivity contribution in [1.82, 2.24) is 10.6 Å². The number of nitrogens with one attached hydrogen (secondary N) is 2. The van der Waals surface area contributed by atoms with E-state index in [-0.39, 0.29) is 23.3 Å². The number of carbonyl (C=O) groups is 1. The molecule has 1 amide bonds. The first-order valence-electron chi connectivity index (χ1n) is 6.91. The molecule has 1 unspecified atom stereocenters. The average Bonchev–Trinajstić information content (AvgIpc) is 2.30. The molecule has 0 fully saturated rings. The van der Waals surface area contributed by atoms with E-state index in [0.29, 0.717) is 17.7 Å². The van der Waals surface area contributed by atoms with Crippen LogP contribution >= 0.6 is 0 Å². The van der Waals surface area contributed by atoms with Gasteiger partial charge in [-0.3, -0.25) is 4.79 Å². The van der Waals surface area contributed by atoms with Crippen molar-refractivity contribution in [2.45, 2.75) is 59.7 Å². The highest BCUT2D eigenvalue weighted by atomic mass is 19.1. The van der Waals surface area contributed by atoms with Crippen LogP contribution in [0.3, 0.4) is 0 Å². The first kappa shape index (κ1) is 16.6. The topological polar surface area (TPSA) is 41.1 Å². The fourth-order valence-electron chi connectivity index (χ4n) is 1.98. The molecule has 0 aliphatic rings. The smallest absolute Gasteiger partial charge is 0.237 e. The Labute approximate surface area is 121 Å². The summed E-state index contributed by atoms with van der Waals surface area (Å²) < 4.78 is 13.5. The van der Waals surface area contributed by atoms with E-state index in [1.54, 1.807) is 13.8 Å². The van der Waals surface area contributed by atoms with Crippen LogP contribution in [0.15, 0.2) is 12.1 Å². The normalized spacial score (nSPS) is 13.2. The van der Waals surface area contributed by atoms with Gasteiger partial charge in [0.1, 0.15) is 5.82 Å². The first-order chi connectivity index (χ1) is 9.10. The number of halogens is 1. The fourth-order valence-corrected chi connectivity index (χ4v) is 1.98. The lowest BCUT2D eigenvalue weighted by atomic mass is 10.1. The first-order valence-corrected chi connectivity index (χ1v) is 6.91. The largest absolute Gasteiger partial charge is 0.350 e. The zero-order valence-corrected chi connectivity index (χ0v) is 13.2. The standard InChI is InChI=1S/C16H25FN2O/c1-10-7-13(8-11(2)14(10)17)9-18-12(3)15(20)19-16(4,5)6/h7-8,12,18H,9H2,1-6H3,(H,19,20). The van der Waals surface area contributed by atoms with Crippen molar-refractivity contribution in [3.63, 3.8) is 0 Å². The SMILES string of the molecule is Cc1cc(CNC(C)C(=O)NC(C)(C)C)cc(C)c1F. The van der Waals surface area contributed by atoms with Crippen LogP contribution in [-0.4, -0.2) is 17.5 Å². The molecule has 0 saturated heterocycles. The number of hydrogen-bond acceptors (Lipinski definition) is 2. The molecule has 4 heteroatoms. The van der Waals surface area contributed by atoms with Gasteiger partial charge < -0.3 is 10.6 Å². The Hall–Kier alpha value is -1.42. The van der Waals surface area contributed by atoms with Crippen LogP contribution < -0.4 is 10.6 Å². The van der Waals surface area contributed by atoms with Crippen molar-refractivity contribution in [2.75, 3.05) is 0 Å². The van der Waals surface area contributed by atoms with Crippen molar-refractivity contribution in [1.29, 1.82) is 0 Å². The molecule has 112 valence electrons. The maximum absolute atomic E-state index is 13.5. The summed E-state index contributed by atoms with van der Waals surface area (Å²) in [5.74, 6) is -0.194. The Morgan fingerprint density at radius 1 is 1.25 bits per heavy atom. The van der Waals surface area contributed by atoms with E-state index in [4.69, 9.17) is 0 Å². The quantitative estimate of drug-likeness (QED) is 0.890. The Morgan fingerprint density at radius 2 is 1.75 bits per heavy atom. The Kier molecular flexibility index (Phi) is 5.28. The summed E-state index contributed by atoms with van der Waals surface area (Å²) in [4.78, 5) is 11.9. The molecule has 3 nitrogen and oxygen atoms in total. The number of rotatable bonds is 4. The van der Waals surface area contributed by atoms with Crippen molar-refractivity contribution < 1.29 is 9.18 Å². The predicted molar refractivity (Wildman–Crippen MR) is 80.1 cm³/mol. The molecule has 0 radical (unpaired) electrons. The molecule has 1 atom stereocenters. The summed E-state index contributed by atoms with van der Waals surface area (Å²) in [7, 11) is 0. The lowest BCUT2D eigenvalue weighted by Crippen LogP contribution is -2.49. The zero-order valence-electron chi connectivity index (χ0n) is 13.2. The van der Waals surface area contributed by atoms with E-state index < -0.39 is 0 Å². The van der Waals surface area contributed by atoms with Gasteiger partial charge in [0.25, 0.3) is 0 Å². The fraction of sp³-hybridized carbons (Fsp3) is 0.562. The molecule has 0 aliphatic heterocycles. The molecular weight excluding hydrogens is 255 g/mol. The zero-order chi connectivity index (χ0) is 15.5. The van der Waals surface area contributed by atoms with Crippen LogP contribution in [0.2, 0.25) is 0 Å². The van der Waals surface area contributed by atoms with E-state index in [1.165, 1.54) is 0 Å². The molecular formula is C16H25FN2O. The van der Waals surface area contributed by atoms with E-state index in [9.17, 15) is 9.18 Å². The van der Waals surface area contributed by atoms with Gasteiger partial charge in [-0.2, -0.15) is 0 Å². The summed E-state index contributed by atoms with van der Waals surface area (Å²) in [6, 6.07) is 3.33. The van der Waals surface area contributed by atoms with Gasteiger partial charge in [0.05, 0.1) is 6.04 Å². The van der Waals surface area contributed by atoms with E-state index in [2.05, 4.69) is 10.6 Å². The molecule has 2 N–H and O–H groups in total. The Morgan fingerprint density at radius 3 is 2.20 bits per heavy atom. The highest BCUT2D eigenvalue weighted by Crippen LogP contribution is 2.14. The van der Waals surface area contributed by atoms with Crippen molar-refractivity contribution in [3.05, 3.63) is 34.6 Å². The Bertz CT molecular complexity index is 469. The third kappa shape index (κ3) is 4.93. The summed E-state index contributed by atoms with van der Waals surface area (Å²) in [6.07, 6.45) is 0.